The minimum absolute atomic E-state index is 0.0421. The summed E-state index contributed by atoms with van der Waals surface area (Å²) >= 11 is 6.12. The van der Waals surface area contributed by atoms with Crippen molar-refractivity contribution in [1.82, 2.24) is 10.2 Å². The van der Waals surface area contributed by atoms with Crippen molar-refractivity contribution >= 4 is 17.3 Å². The minimum atomic E-state index is -0.423. The summed E-state index contributed by atoms with van der Waals surface area (Å²) in [6.45, 7) is 2.78. The fourth-order valence-corrected chi connectivity index (χ4v) is 2.69. The summed E-state index contributed by atoms with van der Waals surface area (Å²) in [5.41, 5.74) is 0.990. The lowest BCUT2D eigenvalue weighted by Crippen LogP contribution is -2.43. The molecule has 19 heavy (non-hydrogen) atoms. The molecule has 6 heteroatoms. The summed E-state index contributed by atoms with van der Waals surface area (Å²) in [5, 5.41) is 14.4. The Morgan fingerprint density at radius 1 is 1.58 bits per heavy atom. The first-order valence-electron chi connectivity index (χ1n) is 6.42. The fourth-order valence-electron chi connectivity index (χ4n) is 2.45. The summed E-state index contributed by atoms with van der Waals surface area (Å²) in [4.78, 5) is 12.6. The van der Waals surface area contributed by atoms with Gasteiger partial charge in [0.2, 0.25) is 0 Å². The van der Waals surface area contributed by atoms with Gasteiger partial charge in [-0.2, -0.15) is 0 Å². The van der Waals surface area contributed by atoms with E-state index >= 15 is 0 Å². The van der Waals surface area contributed by atoms with Crippen molar-refractivity contribution < 1.29 is 4.92 Å². The molecular formula is C13H18ClN3O2. The predicted molar refractivity (Wildman–Crippen MR) is 75.5 cm³/mol. The highest BCUT2D eigenvalue weighted by Crippen LogP contribution is 2.24. The van der Waals surface area contributed by atoms with Gasteiger partial charge in [-0.05, 0) is 38.1 Å². The summed E-state index contributed by atoms with van der Waals surface area (Å²) in [5.74, 6) is 0. The first-order valence-corrected chi connectivity index (χ1v) is 6.80. The molecule has 1 N–H and O–H groups in total. The van der Waals surface area contributed by atoms with Crippen LogP contribution in [-0.4, -0.2) is 36.0 Å². The second-order valence-corrected chi connectivity index (χ2v) is 5.30. The Hall–Kier alpha value is -1.17. The van der Waals surface area contributed by atoms with Gasteiger partial charge in [0.05, 0.1) is 9.95 Å². The van der Waals surface area contributed by atoms with Gasteiger partial charge in [0.25, 0.3) is 5.69 Å². The summed E-state index contributed by atoms with van der Waals surface area (Å²) in [6.07, 6.45) is 2.36. The van der Waals surface area contributed by atoms with Crippen LogP contribution in [0.5, 0.6) is 0 Å². The fraction of sp³-hybridized carbons (Fsp3) is 0.538. The van der Waals surface area contributed by atoms with Crippen LogP contribution in [0.3, 0.4) is 0 Å². The second-order valence-electron chi connectivity index (χ2n) is 4.90. The molecule has 1 aliphatic rings. The Labute approximate surface area is 117 Å². The van der Waals surface area contributed by atoms with E-state index in [0.717, 1.165) is 31.6 Å². The molecule has 1 aliphatic heterocycles. The number of nitro benzene ring substituents is 1. The van der Waals surface area contributed by atoms with Crippen LogP contribution in [0.25, 0.3) is 0 Å². The first kappa shape index (κ1) is 14.2. The molecular weight excluding hydrogens is 266 g/mol. The number of hydrogen-bond acceptors (Lipinski definition) is 4. The van der Waals surface area contributed by atoms with Crippen LogP contribution in [0, 0.1) is 10.1 Å². The van der Waals surface area contributed by atoms with Crippen molar-refractivity contribution in [3.05, 3.63) is 38.9 Å². The number of hydrogen-bond donors (Lipinski definition) is 1. The Bertz CT molecular complexity index is 467. The van der Waals surface area contributed by atoms with Crippen LogP contribution < -0.4 is 5.32 Å². The van der Waals surface area contributed by atoms with Crippen molar-refractivity contribution in [2.45, 2.75) is 25.4 Å². The van der Waals surface area contributed by atoms with E-state index in [0.29, 0.717) is 11.1 Å². The van der Waals surface area contributed by atoms with Gasteiger partial charge < -0.3 is 5.32 Å². The van der Waals surface area contributed by atoms with Crippen molar-refractivity contribution in [1.29, 1.82) is 0 Å². The van der Waals surface area contributed by atoms with Gasteiger partial charge in [0.1, 0.15) is 0 Å². The van der Waals surface area contributed by atoms with E-state index in [1.807, 2.05) is 7.05 Å². The molecule has 1 aromatic rings. The molecule has 0 bridgehead atoms. The van der Waals surface area contributed by atoms with Crippen molar-refractivity contribution in [2.75, 3.05) is 20.1 Å². The van der Waals surface area contributed by atoms with Crippen LogP contribution in [0.4, 0.5) is 5.69 Å². The summed E-state index contributed by atoms with van der Waals surface area (Å²) < 4.78 is 0. The van der Waals surface area contributed by atoms with E-state index in [2.05, 4.69) is 10.2 Å². The number of piperidine rings is 1. The van der Waals surface area contributed by atoms with E-state index < -0.39 is 4.92 Å². The molecule has 1 atom stereocenters. The van der Waals surface area contributed by atoms with Gasteiger partial charge in [-0.3, -0.25) is 15.0 Å². The third-order valence-electron chi connectivity index (χ3n) is 3.56. The van der Waals surface area contributed by atoms with Crippen LogP contribution in [0.15, 0.2) is 18.2 Å². The third-order valence-corrected chi connectivity index (χ3v) is 3.91. The highest BCUT2D eigenvalue weighted by Gasteiger charge is 2.19. The molecule has 5 nitrogen and oxygen atoms in total. The van der Waals surface area contributed by atoms with Crippen molar-refractivity contribution in [3.8, 4) is 0 Å². The number of nitrogens with zero attached hydrogens (tertiary/aromatic N) is 2. The van der Waals surface area contributed by atoms with Crippen molar-refractivity contribution in [3.63, 3.8) is 0 Å². The van der Waals surface area contributed by atoms with Gasteiger partial charge in [0, 0.05) is 31.3 Å². The number of nitrogens with one attached hydrogen (secondary N) is 1. The Balaban J connectivity index is 2.04. The lowest BCUT2D eigenvalue weighted by molar-refractivity contribution is -0.384. The lowest BCUT2D eigenvalue weighted by atomic mass is 10.0. The number of likely N-dealkylation sites (N-methyl/N-ethyl adjacent to an activating group) is 1. The zero-order chi connectivity index (χ0) is 13.8. The first-order chi connectivity index (χ1) is 9.10. The summed E-state index contributed by atoms with van der Waals surface area (Å²) in [6, 6.07) is 5.21. The topological polar surface area (TPSA) is 58.4 Å². The third kappa shape index (κ3) is 3.65. The number of non-ortho nitro benzene ring substituents is 1. The lowest BCUT2D eigenvalue weighted by Gasteiger charge is -2.32. The normalized spacial score (nSPS) is 20.4. The standard InChI is InChI=1S/C13H18ClN3O2/c1-15-11-3-2-6-16(9-11)8-10-4-5-12(17(18)19)7-13(10)14/h4-5,7,11,15H,2-3,6,8-9H2,1H3. The van der Waals surface area contributed by atoms with E-state index in [1.54, 1.807) is 6.07 Å². The monoisotopic (exact) mass is 283 g/mol. The van der Waals surface area contributed by atoms with Crippen molar-refractivity contribution in [2.24, 2.45) is 0 Å². The molecule has 1 aromatic carbocycles. The average molecular weight is 284 g/mol. The molecule has 104 valence electrons. The Kier molecular flexibility index (Phi) is 4.74. The molecule has 0 saturated carbocycles. The molecule has 1 fully saturated rings. The largest absolute Gasteiger partial charge is 0.316 e. The van der Waals surface area contributed by atoms with E-state index in [1.165, 1.54) is 18.6 Å². The van der Waals surface area contributed by atoms with Crippen LogP contribution in [0.1, 0.15) is 18.4 Å². The Morgan fingerprint density at radius 2 is 2.37 bits per heavy atom. The molecule has 0 spiro atoms. The zero-order valence-electron chi connectivity index (χ0n) is 10.9. The molecule has 1 heterocycles. The SMILES string of the molecule is CNC1CCCN(Cc2ccc([N+](=O)[O-])cc2Cl)C1. The van der Waals surface area contributed by atoms with Gasteiger partial charge in [-0.1, -0.05) is 11.6 Å². The number of halogens is 1. The van der Waals surface area contributed by atoms with E-state index in [4.69, 9.17) is 11.6 Å². The molecule has 0 amide bonds. The van der Waals surface area contributed by atoms with E-state index in [-0.39, 0.29) is 5.69 Å². The van der Waals surface area contributed by atoms with Gasteiger partial charge in [-0.15, -0.1) is 0 Å². The zero-order valence-corrected chi connectivity index (χ0v) is 11.7. The highest BCUT2D eigenvalue weighted by atomic mass is 35.5. The maximum absolute atomic E-state index is 10.7. The summed E-state index contributed by atoms with van der Waals surface area (Å²) in [7, 11) is 1.98. The van der Waals surface area contributed by atoms with Gasteiger partial charge >= 0.3 is 0 Å². The quantitative estimate of drug-likeness (QED) is 0.681. The Morgan fingerprint density at radius 3 is 3.00 bits per heavy atom. The van der Waals surface area contributed by atoms with Crippen LogP contribution >= 0.6 is 11.6 Å². The van der Waals surface area contributed by atoms with Gasteiger partial charge in [0.15, 0.2) is 0 Å². The second kappa shape index (κ2) is 6.32. The molecule has 2 rings (SSSR count). The molecule has 0 aliphatic carbocycles. The number of nitro groups is 1. The highest BCUT2D eigenvalue weighted by molar-refractivity contribution is 6.31. The maximum Gasteiger partial charge on any atom is 0.270 e. The number of rotatable bonds is 4. The molecule has 0 aromatic heterocycles. The van der Waals surface area contributed by atoms with Crippen LogP contribution in [0.2, 0.25) is 5.02 Å². The minimum Gasteiger partial charge on any atom is -0.316 e. The van der Waals surface area contributed by atoms with Crippen LogP contribution in [-0.2, 0) is 6.54 Å². The number of likely N-dealkylation sites (tertiary alicyclic amines) is 1. The molecule has 0 radical (unpaired) electrons. The van der Waals surface area contributed by atoms with E-state index in [9.17, 15) is 10.1 Å². The molecule has 1 unspecified atom stereocenters. The van der Waals surface area contributed by atoms with Gasteiger partial charge in [-0.25, -0.2) is 0 Å². The maximum atomic E-state index is 10.7. The molecule has 1 saturated heterocycles. The number of benzene rings is 1. The predicted octanol–water partition coefficient (Wildman–Crippen LogP) is 2.43. The smallest absolute Gasteiger partial charge is 0.270 e. The average Bonchev–Trinajstić information content (AvgIpc) is 2.41.